The third kappa shape index (κ3) is 2.44. The number of oxazole rings is 1. The third-order valence-electron chi connectivity index (χ3n) is 2.47. The molecule has 2 rings (SSSR count). The number of rotatable bonds is 3. The maximum atomic E-state index is 11.6. The summed E-state index contributed by atoms with van der Waals surface area (Å²) in [6, 6.07) is 4.14. The fourth-order valence-electron chi connectivity index (χ4n) is 1.74. The first-order valence-corrected chi connectivity index (χ1v) is 7.68. The summed E-state index contributed by atoms with van der Waals surface area (Å²) in [6.07, 6.45) is 0. The number of nitrogens with zero attached hydrogens (tertiary/aromatic N) is 1. The van der Waals surface area contributed by atoms with Crippen LogP contribution in [0.25, 0.3) is 11.1 Å². The lowest BCUT2D eigenvalue weighted by Crippen LogP contribution is -2.17. The van der Waals surface area contributed by atoms with E-state index >= 15 is 0 Å². The van der Waals surface area contributed by atoms with Gasteiger partial charge in [-0.3, -0.25) is 4.57 Å². The van der Waals surface area contributed by atoms with Crippen molar-refractivity contribution >= 4 is 30.8 Å². The van der Waals surface area contributed by atoms with E-state index in [-0.39, 0.29) is 16.4 Å². The molecule has 18 heavy (non-hydrogen) atoms. The fraction of sp³-hybridized carbons (Fsp3) is 0.364. The summed E-state index contributed by atoms with van der Waals surface area (Å²) < 4.78 is 28.9. The van der Waals surface area contributed by atoms with Gasteiger partial charge in [-0.25, -0.2) is 13.2 Å². The summed E-state index contributed by atoms with van der Waals surface area (Å²) >= 11 is 0. The molecule has 0 fully saturated rings. The van der Waals surface area contributed by atoms with Crippen LogP contribution in [0.1, 0.15) is 13.8 Å². The fourth-order valence-corrected chi connectivity index (χ4v) is 2.50. The molecule has 0 saturated heterocycles. The van der Waals surface area contributed by atoms with Crippen LogP contribution >= 0.6 is 10.7 Å². The van der Waals surface area contributed by atoms with Crippen LogP contribution in [0.2, 0.25) is 0 Å². The van der Waals surface area contributed by atoms with Gasteiger partial charge in [0.1, 0.15) is 0 Å². The maximum Gasteiger partial charge on any atom is 0.419 e. The van der Waals surface area contributed by atoms with Crippen LogP contribution in [0.3, 0.4) is 0 Å². The van der Waals surface area contributed by atoms with Gasteiger partial charge in [0.05, 0.1) is 10.4 Å². The zero-order chi connectivity index (χ0) is 13.5. The Morgan fingerprint density at radius 2 is 2.06 bits per heavy atom. The molecule has 0 saturated carbocycles. The van der Waals surface area contributed by atoms with E-state index in [1.54, 1.807) is 0 Å². The Balaban J connectivity index is 2.65. The molecule has 0 radical (unpaired) electrons. The average Bonchev–Trinajstić information content (AvgIpc) is 2.53. The predicted molar refractivity (Wildman–Crippen MR) is 68.4 cm³/mol. The highest BCUT2D eigenvalue weighted by molar-refractivity contribution is 8.13. The molecule has 0 spiro atoms. The molecule has 98 valence electrons. The highest BCUT2D eigenvalue weighted by atomic mass is 35.7. The first-order valence-electron chi connectivity index (χ1n) is 5.37. The normalized spacial score (nSPS) is 12.4. The van der Waals surface area contributed by atoms with E-state index in [0.29, 0.717) is 12.1 Å². The molecule has 2 aromatic rings. The summed E-state index contributed by atoms with van der Waals surface area (Å²) in [5.74, 6) is -0.220. The molecule has 5 nitrogen and oxygen atoms in total. The van der Waals surface area contributed by atoms with Crippen molar-refractivity contribution in [1.29, 1.82) is 0 Å². The van der Waals surface area contributed by atoms with E-state index in [0.717, 1.165) is 0 Å². The number of hydrogen-bond acceptors (Lipinski definition) is 4. The molecule has 0 atom stereocenters. The smallest absolute Gasteiger partial charge is 0.408 e. The Hall–Kier alpha value is -1.27. The lowest BCUT2D eigenvalue weighted by molar-refractivity contribution is 0.458. The molecule has 0 aliphatic rings. The summed E-state index contributed by atoms with van der Waals surface area (Å²) in [7, 11) is 1.42. The van der Waals surface area contributed by atoms with Crippen LogP contribution in [-0.4, -0.2) is 13.0 Å². The number of hydrogen-bond donors (Lipinski definition) is 0. The number of halogens is 1. The van der Waals surface area contributed by atoms with Crippen LogP contribution < -0.4 is 5.76 Å². The Morgan fingerprint density at radius 3 is 2.61 bits per heavy atom. The second kappa shape index (κ2) is 4.44. The van der Waals surface area contributed by atoms with Gasteiger partial charge in [-0.2, -0.15) is 0 Å². The van der Waals surface area contributed by atoms with Crippen molar-refractivity contribution in [2.24, 2.45) is 5.92 Å². The quantitative estimate of drug-likeness (QED) is 0.812. The molecule has 0 unspecified atom stereocenters. The minimum absolute atomic E-state index is 0.0814. The molecular formula is C11H12ClNO4S. The van der Waals surface area contributed by atoms with Crippen LogP contribution in [0.5, 0.6) is 0 Å². The van der Waals surface area contributed by atoms with Crippen LogP contribution in [0.15, 0.2) is 32.3 Å². The molecule has 1 heterocycles. The Labute approximate surface area is 108 Å². The van der Waals surface area contributed by atoms with Gasteiger partial charge >= 0.3 is 5.76 Å². The molecule has 0 aliphatic carbocycles. The van der Waals surface area contributed by atoms with Crippen LogP contribution in [0, 0.1) is 5.92 Å². The monoisotopic (exact) mass is 289 g/mol. The minimum atomic E-state index is -3.82. The zero-order valence-corrected chi connectivity index (χ0v) is 11.5. The van der Waals surface area contributed by atoms with Gasteiger partial charge in [-0.1, -0.05) is 13.8 Å². The maximum absolute atomic E-state index is 11.6. The van der Waals surface area contributed by atoms with Crippen molar-refractivity contribution in [3.63, 3.8) is 0 Å². The number of aromatic nitrogens is 1. The third-order valence-corrected chi connectivity index (χ3v) is 3.82. The molecule has 1 aromatic carbocycles. The van der Waals surface area contributed by atoms with Gasteiger partial charge in [0, 0.05) is 23.3 Å². The molecule has 0 aliphatic heterocycles. The Kier molecular flexibility index (Phi) is 3.25. The van der Waals surface area contributed by atoms with Crippen LogP contribution in [-0.2, 0) is 15.6 Å². The van der Waals surface area contributed by atoms with Crippen molar-refractivity contribution in [2.75, 3.05) is 0 Å². The van der Waals surface area contributed by atoms with Crippen molar-refractivity contribution in [3.8, 4) is 0 Å². The molecule has 0 N–H and O–H groups in total. The largest absolute Gasteiger partial charge is 0.419 e. The average molecular weight is 290 g/mol. The van der Waals surface area contributed by atoms with E-state index in [2.05, 4.69) is 0 Å². The minimum Gasteiger partial charge on any atom is -0.408 e. The number of benzene rings is 1. The lowest BCUT2D eigenvalue weighted by atomic mass is 10.2. The number of fused-ring (bicyclic) bond motifs is 1. The van der Waals surface area contributed by atoms with Gasteiger partial charge < -0.3 is 4.42 Å². The van der Waals surface area contributed by atoms with Crippen molar-refractivity contribution in [3.05, 3.63) is 28.7 Å². The van der Waals surface area contributed by atoms with Crippen LogP contribution in [0.4, 0.5) is 0 Å². The van der Waals surface area contributed by atoms with Gasteiger partial charge in [-0.15, -0.1) is 0 Å². The Morgan fingerprint density at radius 1 is 1.39 bits per heavy atom. The van der Waals surface area contributed by atoms with E-state index in [9.17, 15) is 13.2 Å². The van der Waals surface area contributed by atoms with E-state index in [1.165, 1.54) is 22.8 Å². The zero-order valence-electron chi connectivity index (χ0n) is 9.88. The summed E-state index contributed by atoms with van der Waals surface area (Å²) in [5, 5.41) is 0. The van der Waals surface area contributed by atoms with E-state index in [4.69, 9.17) is 15.1 Å². The van der Waals surface area contributed by atoms with Crippen molar-refractivity contribution < 1.29 is 12.8 Å². The topological polar surface area (TPSA) is 69.3 Å². The molecular weight excluding hydrogens is 278 g/mol. The van der Waals surface area contributed by atoms with Gasteiger partial charge in [-0.05, 0) is 18.1 Å². The highest BCUT2D eigenvalue weighted by Crippen LogP contribution is 2.21. The second-order valence-corrected chi connectivity index (χ2v) is 7.01. The van der Waals surface area contributed by atoms with E-state index < -0.39 is 14.8 Å². The molecule has 0 amide bonds. The van der Waals surface area contributed by atoms with Crippen molar-refractivity contribution in [2.45, 2.75) is 25.3 Å². The summed E-state index contributed by atoms with van der Waals surface area (Å²) in [5.41, 5.74) is 0.792. The first-order chi connectivity index (χ1) is 8.29. The second-order valence-electron chi connectivity index (χ2n) is 4.44. The predicted octanol–water partition coefficient (Wildman–Crippen LogP) is 2.18. The Bertz CT molecular complexity index is 742. The van der Waals surface area contributed by atoms with Gasteiger partial charge in [0.2, 0.25) is 0 Å². The summed E-state index contributed by atoms with van der Waals surface area (Å²) in [6.45, 7) is 4.46. The lowest BCUT2D eigenvalue weighted by Gasteiger charge is -2.04. The molecule has 1 aromatic heterocycles. The molecule has 0 bridgehead atoms. The highest BCUT2D eigenvalue weighted by Gasteiger charge is 2.15. The van der Waals surface area contributed by atoms with Gasteiger partial charge in [0.25, 0.3) is 9.05 Å². The SMILES string of the molecule is CC(C)Cn1c(=O)oc2cc(S(=O)(=O)Cl)ccc21. The van der Waals surface area contributed by atoms with Gasteiger partial charge in [0.15, 0.2) is 5.58 Å². The standard InChI is InChI=1S/C11H12ClNO4S/c1-7(2)6-13-9-4-3-8(18(12,15)16)5-10(9)17-11(13)14/h3-5,7H,6H2,1-2H3. The van der Waals surface area contributed by atoms with E-state index in [1.807, 2.05) is 13.8 Å². The summed E-state index contributed by atoms with van der Waals surface area (Å²) in [4.78, 5) is 11.6. The van der Waals surface area contributed by atoms with Crippen molar-refractivity contribution in [1.82, 2.24) is 4.57 Å². The molecule has 7 heteroatoms. The first kappa shape index (κ1) is 13.2.